The topological polar surface area (TPSA) is 53.5 Å². The van der Waals surface area contributed by atoms with E-state index in [9.17, 15) is 9.59 Å². The largest absolute Gasteiger partial charge is 0.339 e. The standard InChI is InChI=1S/C20H23N3O2S2/c24-19(16-14-27-18(21-16)13-15-5-2-1-3-6-15)23-8-4-7-17(23)20(25)22-9-11-26-12-10-22/h1-3,5-6,14,17H,4,7-13H2. The van der Waals surface area contributed by atoms with E-state index in [1.165, 1.54) is 16.9 Å². The monoisotopic (exact) mass is 401 g/mol. The molecule has 7 heteroatoms. The first-order valence-corrected chi connectivity index (χ1v) is 11.4. The molecule has 4 rings (SSSR count). The second-order valence-corrected chi connectivity index (χ2v) is 9.05. The van der Waals surface area contributed by atoms with E-state index >= 15 is 0 Å². The van der Waals surface area contributed by atoms with E-state index in [4.69, 9.17) is 0 Å². The second-order valence-electron chi connectivity index (χ2n) is 6.88. The summed E-state index contributed by atoms with van der Waals surface area (Å²) in [5, 5.41) is 2.76. The number of carbonyl (C=O) groups is 2. The molecule has 0 radical (unpaired) electrons. The lowest BCUT2D eigenvalue weighted by Gasteiger charge is -2.32. The van der Waals surface area contributed by atoms with Gasteiger partial charge in [-0.2, -0.15) is 11.8 Å². The fourth-order valence-electron chi connectivity index (χ4n) is 3.67. The molecule has 2 aliphatic rings. The van der Waals surface area contributed by atoms with Gasteiger partial charge in [0.15, 0.2) is 0 Å². The zero-order valence-corrected chi connectivity index (χ0v) is 16.8. The average Bonchev–Trinajstić information content (AvgIpc) is 3.38. The number of carbonyl (C=O) groups excluding carboxylic acids is 2. The van der Waals surface area contributed by atoms with Crippen molar-refractivity contribution in [2.75, 3.05) is 31.1 Å². The van der Waals surface area contributed by atoms with Crippen LogP contribution in [0.3, 0.4) is 0 Å². The van der Waals surface area contributed by atoms with Crippen molar-refractivity contribution in [1.29, 1.82) is 0 Å². The number of benzene rings is 1. The van der Waals surface area contributed by atoms with Gasteiger partial charge in [0, 0.05) is 42.9 Å². The maximum atomic E-state index is 13.0. The number of aromatic nitrogens is 1. The average molecular weight is 402 g/mol. The number of likely N-dealkylation sites (tertiary alicyclic amines) is 1. The fraction of sp³-hybridized carbons (Fsp3) is 0.450. The first-order chi connectivity index (χ1) is 13.2. The molecule has 0 saturated carbocycles. The summed E-state index contributed by atoms with van der Waals surface area (Å²) < 4.78 is 0. The summed E-state index contributed by atoms with van der Waals surface area (Å²) in [7, 11) is 0. The summed E-state index contributed by atoms with van der Waals surface area (Å²) in [6.45, 7) is 2.23. The van der Waals surface area contributed by atoms with Crippen LogP contribution in [-0.4, -0.2) is 63.8 Å². The molecule has 142 valence electrons. The smallest absolute Gasteiger partial charge is 0.274 e. The first kappa shape index (κ1) is 18.5. The highest BCUT2D eigenvalue weighted by atomic mass is 32.2. The predicted octanol–water partition coefficient (Wildman–Crippen LogP) is 2.91. The van der Waals surface area contributed by atoms with Crippen LogP contribution in [0.4, 0.5) is 0 Å². The van der Waals surface area contributed by atoms with Crippen LogP contribution >= 0.6 is 23.1 Å². The van der Waals surface area contributed by atoms with Gasteiger partial charge in [0.2, 0.25) is 5.91 Å². The van der Waals surface area contributed by atoms with Gasteiger partial charge in [0.05, 0.1) is 5.01 Å². The van der Waals surface area contributed by atoms with E-state index < -0.39 is 0 Å². The Kier molecular flexibility index (Phi) is 5.78. The van der Waals surface area contributed by atoms with E-state index in [-0.39, 0.29) is 17.9 Å². The van der Waals surface area contributed by atoms with Crippen LogP contribution in [0.5, 0.6) is 0 Å². The Morgan fingerprint density at radius 2 is 1.89 bits per heavy atom. The van der Waals surface area contributed by atoms with Gasteiger partial charge in [-0.05, 0) is 18.4 Å². The molecule has 1 unspecified atom stereocenters. The van der Waals surface area contributed by atoms with Gasteiger partial charge >= 0.3 is 0 Å². The molecule has 1 aromatic heterocycles. The van der Waals surface area contributed by atoms with Gasteiger partial charge < -0.3 is 9.80 Å². The summed E-state index contributed by atoms with van der Waals surface area (Å²) in [6.07, 6.45) is 2.37. The molecule has 3 heterocycles. The third-order valence-electron chi connectivity index (χ3n) is 5.09. The number of amides is 2. The summed E-state index contributed by atoms with van der Waals surface area (Å²) in [6, 6.07) is 9.82. The summed E-state index contributed by atoms with van der Waals surface area (Å²) in [5.74, 6) is 1.98. The van der Waals surface area contributed by atoms with Crippen LogP contribution < -0.4 is 0 Å². The first-order valence-electron chi connectivity index (χ1n) is 9.38. The lowest BCUT2D eigenvalue weighted by molar-refractivity contribution is -0.134. The Labute approximate surface area is 167 Å². The number of rotatable bonds is 4. The van der Waals surface area contributed by atoms with E-state index in [1.807, 2.05) is 40.2 Å². The molecule has 0 N–H and O–H groups in total. The molecule has 2 aromatic rings. The Morgan fingerprint density at radius 3 is 2.67 bits per heavy atom. The molecule has 2 saturated heterocycles. The number of thioether (sulfide) groups is 1. The van der Waals surface area contributed by atoms with Crippen LogP contribution in [0.2, 0.25) is 0 Å². The summed E-state index contributed by atoms with van der Waals surface area (Å²) >= 11 is 3.40. The van der Waals surface area contributed by atoms with Gasteiger partial charge in [-0.1, -0.05) is 30.3 Å². The lowest BCUT2D eigenvalue weighted by Crippen LogP contribution is -2.50. The molecule has 2 aliphatic heterocycles. The molecule has 0 bridgehead atoms. The third-order valence-corrected chi connectivity index (χ3v) is 6.88. The lowest BCUT2D eigenvalue weighted by atomic mass is 10.1. The normalized spacial score (nSPS) is 20.1. The molecule has 0 aliphatic carbocycles. The van der Waals surface area contributed by atoms with Gasteiger partial charge in [-0.25, -0.2) is 4.98 Å². The zero-order valence-electron chi connectivity index (χ0n) is 15.2. The van der Waals surface area contributed by atoms with Crippen LogP contribution in [0.25, 0.3) is 0 Å². The molecule has 1 aromatic carbocycles. The molecule has 2 amide bonds. The highest BCUT2D eigenvalue weighted by Gasteiger charge is 2.37. The number of thiazole rings is 1. The van der Waals surface area contributed by atoms with Gasteiger partial charge in [-0.3, -0.25) is 9.59 Å². The van der Waals surface area contributed by atoms with Crippen LogP contribution in [-0.2, 0) is 11.2 Å². The van der Waals surface area contributed by atoms with Crippen molar-refractivity contribution in [3.63, 3.8) is 0 Å². The number of hydrogen-bond donors (Lipinski definition) is 0. The maximum Gasteiger partial charge on any atom is 0.274 e. The van der Waals surface area contributed by atoms with E-state index in [1.54, 1.807) is 4.90 Å². The van der Waals surface area contributed by atoms with Crippen molar-refractivity contribution >= 4 is 34.9 Å². The Balaban J connectivity index is 1.44. The van der Waals surface area contributed by atoms with E-state index in [0.29, 0.717) is 12.2 Å². The second kappa shape index (κ2) is 8.44. The number of nitrogens with zero attached hydrogens (tertiary/aromatic N) is 3. The van der Waals surface area contributed by atoms with Gasteiger partial charge in [-0.15, -0.1) is 11.3 Å². The van der Waals surface area contributed by atoms with Gasteiger partial charge in [0.25, 0.3) is 5.91 Å². The Bertz CT molecular complexity index is 803. The van der Waals surface area contributed by atoms with Crippen molar-refractivity contribution in [1.82, 2.24) is 14.8 Å². The van der Waals surface area contributed by atoms with Crippen molar-refractivity contribution in [2.24, 2.45) is 0 Å². The SMILES string of the molecule is O=C(C1CCCN1C(=O)c1csc(Cc2ccccc2)n1)N1CCSCC1. The highest BCUT2D eigenvalue weighted by molar-refractivity contribution is 7.99. The van der Waals surface area contributed by atoms with E-state index in [0.717, 1.165) is 48.9 Å². The van der Waals surface area contributed by atoms with Crippen molar-refractivity contribution < 1.29 is 9.59 Å². The summed E-state index contributed by atoms with van der Waals surface area (Å²) in [5.41, 5.74) is 1.66. The minimum absolute atomic E-state index is 0.104. The fourth-order valence-corrected chi connectivity index (χ4v) is 5.37. The van der Waals surface area contributed by atoms with Crippen molar-refractivity contribution in [2.45, 2.75) is 25.3 Å². The zero-order chi connectivity index (χ0) is 18.6. The maximum absolute atomic E-state index is 13.0. The number of hydrogen-bond acceptors (Lipinski definition) is 5. The molecule has 0 spiro atoms. The minimum atomic E-state index is -0.320. The van der Waals surface area contributed by atoms with E-state index in [2.05, 4.69) is 17.1 Å². The molecular formula is C20H23N3O2S2. The molecule has 1 atom stereocenters. The van der Waals surface area contributed by atoms with Crippen LogP contribution in [0, 0.1) is 0 Å². The van der Waals surface area contributed by atoms with Crippen molar-refractivity contribution in [3.8, 4) is 0 Å². The Morgan fingerprint density at radius 1 is 1.11 bits per heavy atom. The highest BCUT2D eigenvalue weighted by Crippen LogP contribution is 2.24. The quantitative estimate of drug-likeness (QED) is 0.791. The van der Waals surface area contributed by atoms with Gasteiger partial charge in [0.1, 0.15) is 11.7 Å². The molecule has 27 heavy (non-hydrogen) atoms. The molecule has 5 nitrogen and oxygen atoms in total. The third kappa shape index (κ3) is 4.19. The molecule has 2 fully saturated rings. The van der Waals surface area contributed by atoms with Crippen molar-refractivity contribution in [3.05, 3.63) is 52.0 Å². The summed E-state index contributed by atoms with van der Waals surface area (Å²) in [4.78, 5) is 34.1. The minimum Gasteiger partial charge on any atom is -0.339 e. The van der Waals surface area contributed by atoms with Crippen LogP contribution in [0.1, 0.15) is 33.9 Å². The molecular weight excluding hydrogens is 378 g/mol. The Hall–Kier alpha value is -1.86. The predicted molar refractivity (Wildman–Crippen MR) is 109 cm³/mol. The van der Waals surface area contributed by atoms with Crippen LogP contribution in [0.15, 0.2) is 35.7 Å².